The highest BCUT2D eigenvalue weighted by Gasteiger charge is 2.12. The Hall–Kier alpha value is -2.01. The number of hydrogen-bond donors (Lipinski definition) is 2. The second kappa shape index (κ2) is 6.43. The second-order valence-electron chi connectivity index (χ2n) is 4.23. The van der Waals surface area contributed by atoms with E-state index >= 15 is 0 Å². The van der Waals surface area contributed by atoms with Gasteiger partial charge in [-0.3, -0.25) is 4.79 Å². The SMILES string of the molecule is COc1cc(Br)ccc1C(=O)NCc1ccccc1N. The molecule has 0 fully saturated rings. The zero-order valence-corrected chi connectivity index (χ0v) is 12.6. The van der Waals surface area contributed by atoms with Crippen LogP contribution in [0.1, 0.15) is 15.9 Å². The van der Waals surface area contributed by atoms with Crippen molar-refractivity contribution in [2.75, 3.05) is 12.8 Å². The van der Waals surface area contributed by atoms with Gasteiger partial charge in [0.1, 0.15) is 5.75 Å². The van der Waals surface area contributed by atoms with E-state index in [-0.39, 0.29) is 5.91 Å². The molecule has 1 amide bonds. The predicted octanol–water partition coefficient (Wildman–Crippen LogP) is 2.97. The van der Waals surface area contributed by atoms with Gasteiger partial charge < -0.3 is 15.8 Å². The van der Waals surface area contributed by atoms with Crippen LogP contribution in [0.15, 0.2) is 46.9 Å². The van der Waals surface area contributed by atoms with Crippen molar-refractivity contribution in [2.45, 2.75) is 6.54 Å². The number of nitrogen functional groups attached to an aromatic ring is 1. The minimum atomic E-state index is -0.197. The maximum atomic E-state index is 12.2. The molecular formula is C15H15BrN2O2. The summed E-state index contributed by atoms with van der Waals surface area (Å²) in [5.41, 5.74) is 7.88. The summed E-state index contributed by atoms with van der Waals surface area (Å²) in [6, 6.07) is 12.7. The third-order valence-corrected chi connectivity index (χ3v) is 3.40. The lowest BCUT2D eigenvalue weighted by Crippen LogP contribution is -2.23. The van der Waals surface area contributed by atoms with E-state index < -0.39 is 0 Å². The molecule has 0 aliphatic rings. The zero-order chi connectivity index (χ0) is 14.5. The molecule has 104 valence electrons. The van der Waals surface area contributed by atoms with Crippen molar-refractivity contribution < 1.29 is 9.53 Å². The standard InChI is InChI=1S/C15H15BrN2O2/c1-20-14-8-11(16)6-7-12(14)15(19)18-9-10-4-2-3-5-13(10)17/h2-8H,9,17H2,1H3,(H,18,19). The van der Waals surface area contributed by atoms with E-state index in [0.717, 1.165) is 10.0 Å². The fourth-order valence-electron chi connectivity index (χ4n) is 1.82. The smallest absolute Gasteiger partial charge is 0.255 e. The number of methoxy groups -OCH3 is 1. The van der Waals surface area contributed by atoms with E-state index in [1.165, 1.54) is 7.11 Å². The highest BCUT2D eigenvalue weighted by atomic mass is 79.9. The molecule has 5 heteroatoms. The van der Waals surface area contributed by atoms with E-state index in [2.05, 4.69) is 21.2 Å². The normalized spacial score (nSPS) is 10.1. The van der Waals surface area contributed by atoms with Crippen LogP contribution in [0, 0.1) is 0 Å². The number of rotatable bonds is 4. The first-order chi connectivity index (χ1) is 9.61. The fourth-order valence-corrected chi connectivity index (χ4v) is 2.16. The number of amides is 1. The maximum absolute atomic E-state index is 12.2. The Morgan fingerprint density at radius 2 is 2.05 bits per heavy atom. The minimum absolute atomic E-state index is 0.197. The Morgan fingerprint density at radius 1 is 1.30 bits per heavy atom. The van der Waals surface area contributed by atoms with Crippen molar-refractivity contribution >= 4 is 27.5 Å². The molecule has 0 unspecified atom stereocenters. The maximum Gasteiger partial charge on any atom is 0.255 e. The Bertz CT molecular complexity index is 629. The first kappa shape index (κ1) is 14.4. The molecule has 0 atom stereocenters. The molecule has 2 rings (SSSR count). The van der Waals surface area contributed by atoms with Gasteiger partial charge in [0, 0.05) is 16.7 Å². The molecule has 0 radical (unpaired) electrons. The number of carbonyl (C=O) groups is 1. The van der Waals surface area contributed by atoms with Gasteiger partial charge in [-0.05, 0) is 29.8 Å². The first-order valence-electron chi connectivity index (χ1n) is 6.07. The summed E-state index contributed by atoms with van der Waals surface area (Å²) in [6.45, 7) is 0.380. The largest absolute Gasteiger partial charge is 0.496 e. The summed E-state index contributed by atoms with van der Waals surface area (Å²) in [5.74, 6) is 0.329. The highest BCUT2D eigenvalue weighted by Crippen LogP contribution is 2.23. The Balaban J connectivity index is 2.11. The van der Waals surface area contributed by atoms with Crippen LogP contribution in [0.25, 0.3) is 0 Å². The molecule has 0 aromatic heterocycles. The highest BCUT2D eigenvalue weighted by molar-refractivity contribution is 9.10. The first-order valence-corrected chi connectivity index (χ1v) is 6.86. The van der Waals surface area contributed by atoms with Gasteiger partial charge in [0.2, 0.25) is 0 Å². The minimum Gasteiger partial charge on any atom is -0.496 e. The number of nitrogens with one attached hydrogen (secondary N) is 1. The number of para-hydroxylation sites is 1. The molecule has 4 nitrogen and oxygen atoms in total. The molecule has 0 aliphatic carbocycles. The average molecular weight is 335 g/mol. The van der Waals surface area contributed by atoms with Crippen LogP contribution < -0.4 is 15.8 Å². The van der Waals surface area contributed by atoms with Crippen LogP contribution in [0.2, 0.25) is 0 Å². The fraction of sp³-hybridized carbons (Fsp3) is 0.133. The Kier molecular flexibility index (Phi) is 4.63. The molecule has 3 N–H and O–H groups in total. The summed E-state index contributed by atoms with van der Waals surface area (Å²) in [7, 11) is 1.54. The second-order valence-corrected chi connectivity index (χ2v) is 5.14. The molecule has 0 heterocycles. The van der Waals surface area contributed by atoms with Gasteiger partial charge in [-0.2, -0.15) is 0 Å². The molecular weight excluding hydrogens is 320 g/mol. The summed E-state index contributed by atoms with van der Waals surface area (Å²) >= 11 is 3.34. The summed E-state index contributed by atoms with van der Waals surface area (Å²) in [6.07, 6.45) is 0. The molecule has 2 aromatic carbocycles. The van der Waals surface area contributed by atoms with E-state index in [0.29, 0.717) is 23.5 Å². The third kappa shape index (κ3) is 3.30. The molecule has 2 aromatic rings. The van der Waals surface area contributed by atoms with Crippen LogP contribution in [-0.2, 0) is 6.54 Å². The monoisotopic (exact) mass is 334 g/mol. The summed E-state index contributed by atoms with van der Waals surface area (Å²) in [5, 5.41) is 2.84. The number of ether oxygens (including phenoxy) is 1. The van der Waals surface area contributed by atoms with Gasteiger partial charge in [0.05, 0.1) is 12.7 Å². The molecule has 0 spiro atoms. The van der Waals surface area contributed by atoms with E-state index in [1.54, 1.807) is 18.2 Å². The van der Waals surface area contributed by atoms with Crippen LogP contribution in [0.5, 0.6) is 5.75 Å². The number of nitrogens with two attached hydrogens (primary N) is 1. The Morgan fingerprint density at radius 3 is 2.75 bits per heavy atom. The van der Waals surface area contributed by atoms with Crippen molar-refractivity contribution in [1.82, 2.24) is 5.32 Å². The number of benzene rings is 2. The van der Waals surface area contributed by atoms with Crippen molar-refractivity contribution in [3.8, 4) is 5.75 Å². The lowest BCUT2D eigenvalue weighted by molar-refractivity contribution is 0.0948. The van der Waals surface area contributed by atoms with Gasteiger partial charge >= 0.3 is 0 Å². The number of halogens is 1. The van der Waals surface area contributed by atoms with Gasteiger partial charge in [0.25, 0.3) is 5.91 Å². The number of carbonyl (C=O) groups excluding carboxylic acids is 1. The average Bonchev–Trinajstić information content (AvgIpc) is 2.46. The number of hydrogen-bond acceptors (Lipinski definition) is 3. The molecule has 0 aliphatic heterocycles. The van der Waals surface area contributed by atoms with Crippen molar-refractivity contribution in [2.24, 2.45) is 0 Å². The van der Waals surface area contributed by atoms with E-state index in [1.807, 2.05) is 24.3 Å². The third-order valence-electron chi connectivity index (χ3n) is 2.90. The lowest BCUT2D eigenvalue weighted by atomic mass is 10.1. The van der Waals surface area contributed by atoms with Gasteiger partial charge in [-0.1, -0.05) is 34.1 Å². The van der Waals surface area contributed by atoms with E-state index in [4.69, 9.17) is 10.5 Å². The van der Waals surface area contributed by atoms with E-state index in [9.17, 15) is 4.79 Å². The van der Waals surface area contributed by atoms with Gasteiger partial charge in [-0.25, -0.2) is 0 Å². The summed E-state index contributed by atoms with van der Waals surface area (Å²) in [4.78, 5) is 12.2. The molecule has 20 heavy (non-hydrogen) atoms. The topological polar surface area (TPSA) is 64.3 Å². The van der Waals surface area contributed by atoms with Crippen molar-refractivity contribution in [3.63, 3.8) is 0 Å². The van der Waals surface area contributed by atoms with Crippen molar-refractivity contribution in [1.29, 1.82) is 0 Å². The predicted molar refractivity (Wildman–Crippen MR) is 82.7 cm³/mol. The van der Waals surface area contributed by atoms with Crippen LogP contribution in [0.3, 0.4) is 0 Å². The van der Waals surface area contributed by atoms with Gasteiger partial charge in [0.15, 0.2) is 0 Å². The number of anilines is 1. The van der Waals surface area contributed by atoms with Crippen LogP contribution in [-0.4, -0.2) is 13.0 Å². The lowest BCUT2D eigenvalue weighted by Gasteiger charge is -2.10. The molecule has 0 saturated heterocycles. The summed E-state index contributed by atoms with van der Waals surface area (Å²) < 4.78 is 6.07. The molecule has 0 bridgehead atoms. The quantitative estimate of drug-likeness (QED) is 0.845. The van der Waals surface area contributed by atoms with Gasteiger partial charge in [-0.15, -0.1) is 0 Å². The van der Waals surface area contributed by atoms with Crippen LogP contribution >= 0.6 is 15.9 Å². The Labute approximate surface area is 126 Å². The van der Waals surface area contributed by atoms with Crippen LogP contribution in [0.4, 0.5) is 5.69 Å². The zero-order valence-electron chi connectivity index (χ0n) is 11.0. The van der Waals surface area contributed by atoms with Crippen molar-refractivity contribution in [3.05, 3.63) is 58.1 Å². The molecule has 0 saturated carbocycles.